The molecule has 26 heavy (non-hydrogen) atoms. The van der Waals surface area contributed by atoms with E-state index in [1.807, 2.05) is 23.1 Å². The molecule has 5 heteroatoms. The summed E-state index contributed by atoms with van der Waals surface area (Å²) in [7, 11) is 0. The average Bonchev–Trinajstić information content (AvgIpc) is 3.26. The van der Waals surface area contributed by atoms with Gasteiger partial charge < -0.3 is 9.47 Å². The zero-order valence-electron chi connectivity index (χ0n) is 15.3. The minimum Gasteiger partial charge on any atom is -0.327 e. The normalized spacial score (nSPS) is 17.3. The lowest BCUT2D eigenvalue weighted by molar-refractivity contribution is 0.0721. The van der Waals surface area contributed by atoms with E-state index in [-0.39, 0.29) is 11.9 Å². The van der Waals surface area contributed by atoms with Gasteiger partial charge in [-0.15, -0.1) is 0 Å². The van der Waals surface area contributed by atoms with Crippen LogP contribution >= 0.6 is 0 Å². The van der Waals surface area contributed by atoms with Crippen LogP contribution < -0.4 is 0 Å². The van der Waals surface area contributed by atoms with E-state index in [0.29, 0.717) is 11.6 Å². The van der Waals surface area contributed by atoms with Crippen LogP contribution in [-0.4, -0.2) is 31.9 Å². The first-order chi connectivity index (χ1) is 12.6. The molecule has 1 fully saturated rings. The molecule has 1 aliphatic heterocycles. The summed E-state index contributed by atoms with van der Waals surface area (Å²) in [4.78, 5) is 24.1. The average molecular weight is 348 g/mol. The van der Waals surface area contributed by atoms with Crippen molar-refractivity contribution in [2.45, 2.75) is 39.3 Å². The number of para-hydroxylation sites is 2. The number of fused-ring (bicyclic) bond motifs is 1. The van der Waals surface area contributed by atoms with Crippen molar-refractivity contribution in [2.75, 3.05) is 6.54 Å². The Bertz CT molecular complexity index is 916. The molecule has 0 aliphatic carbocycles. The highest BCUT2D eigenvalue weighted by molar-refractivity contribution is 5.92. The summed E-state index contributed by atoms with van der Waals surface area (Å²) in [5.74, 6) is 1.51. The summed E-state index contributed by atoms with van der Waals surface area (Å²) in [6, 6.07) is 13.7. The summed E-state index contributed by atoms with van der Waals surface area (Å²) in [6.07, 6.45) is 3.61. The molecule has 0 unspecified atom stereocenters. The molecular weight excluding hydrogens is 324 g/mol. The molecule has 1 saturated heterocycles. The lowest BCUT2D eigenvalue weighted by Gasteiger charge is -2.25. The molecule has 1 amide bonds. The molecule has 1 aromatic carbocycles. The van der Waals surface area contributed by atoms with Crippen LogP contribution in [0.2, 0.25) is 0 Å². The van der Waals surface area contributed by atoms with Crippen LogP contribution in [0.25, 0.3) is 11.0 Å². The molecule has 1 atom stereocenters. The second kappa shape index (κ2) is 6.90. The van der Waals surface area contributed by atoms with Gasteiger partial charge in [0.2, 0.25) is 0 Å². The van der Waals surface area contributed by atoms with Crippen molar-refractivity contribution in [2.24, 2.45) is 5.92 Å². The molecule has 0 radical (unpaired) electrons. The van der Waals surface area contributed by atoms with Gasteiger partial charge in [-0.1, -0.05) is 32.0 Å². The van der Waals surface area contributed by atoms with E-state index in [1.54, 1.807) is 12.3 Å². The number of carbonyl (C=O) groups is 1. The molecule has 4 rings (SSSR count). The van der Waals surface area contributed by atoms with Gasteiger partial charge in [-0.25, -0.2) is 4.98 Å². The summed E-state index contributed by atoms with van der Waals surface area (Å²) in [6.45, 7) is 6.08. The van der Waals surface area contributed by atoms with Gasteiger partial charge in [0.05, 0.1) is 17.1 Å². The fourth-order valence-electron chi connectivity index (χ4n) is 3.82. The first-order valence-electron chi connectivity index (χ1n) is 9.32. The number of aromatic nitrogens is 3. The third kappa shape index (κ3) is 2.98. The Labute approximate surface area is 153 Å². The predicted octanol–water partition coefficient (Wildman–Crippen LogP) is 4.06. The Morgan fingerprint density at radius 1 is 1.19 bits per heavy atom. The van der Waals surface area contributed by atoms with Crippen molar-refractivity contribution in [3.8, 4) is 0 Å². The number of nitrogens with zero attached hydrogens (tertiary/aromatic N) is 4. The molecule has 1 aliphatic rings. The van der Waals surface area contributed by atoms with Gasteiger partial charge in [0.15, 0.2) is 0 Å². The third-order valence-corrected chi connectivity index (χ3v) is 4.93. The van der Waals surface area contributed by atoms with E-state index in [9.17, 15) is 4.79 Å². The molecule has 5 nitrogen and oxygen atoms in total. The lowest BCUT2D eigenvalue weighted by atomic mass is 10.1. The molecule has 0 N–H and O–H groups in total. The summed E-state index contributed by atoms with van der Waals surface area (Å²) in [5.41, 5.74) is 2.65. The van der Waals surface area contributed by atoms with E-state index in [1.165, 1.54) is 0 Å². The van der Waals surface area contributed by atoms with E-state index < -0.39 is 0 Å². The Hall–Kier alpha value is -2.69. The topological polar surface area (TPSA) is 51.0 Å². The van der Waals surface area contributed by atoms with Crippen molar-refractivity contribution in [3.05, 3.63) is 60.2 Å². The molecule has 0 bridgehead atoms. The Kier molecular flexibility index (Phi) is 4.45. The van der Waals surface area contributed by atoms with Crippen LogP contribution in [0, 0.1) is 5.92 Å². The van der Waals surface area contributed by atoms with E-state index in [0.717, 1.165) is 42.8 Å². The smallest absolute Gasteiger partial charge is 0.273 e. The van der Waals surface area contributed by atoms with Gasteiger partial charge in [-0.3, -0.25) is 9.78 Å². The highest BCUT2D eigenvalue weighted by Crippen LogP contribution is 2.34. The van der Waals surface area contributed by atoms with E-state index >= 15 is 0 Å². The summed E-state index contributed by atoms with van der Waals surface area (Å²) >= 11 is 0. The number of rotatable bonds is 4. The second-order valence-corrected chi connectivity index (χ2v) is 7.33. The van der Waals surface area contributed by atoms with Crippen molar-refractivity contribution in [1.82, 2.24) is 19.4 Å². The molecule has 0 spiro atoms. The van der Waals surface area contributed by atoms with Crippen LogP contribution in [0.5, 0.6) is 0 Å². The highest BCUT2D eigenvalue weighted by atomic mass is 16.2. The van der Waals surface area contributed by atoms with Crippen LogP contribution in [0.1, 0.15) is 49.0 Å². The van der Waals surface area contributed by atoms with Crippen molar-refractivity contribution in [3.63, 3.8) is 0 Å². The number of imidazole rings is 1. The summed E-state index contributed by atoms with van der Waals surface area (Å²) < 4.78 is 2.30. The van der Waals surface area contributed by atoms with Crippen molar-refractivity contribution >= 4 is 16.9 Å². The Morgan fingerprint density at radius 2 is 2.00 bits per heavy atom. The quantitative estimate of drug-likeness (QED) is 0.714. The standard InChI is InChI=1S/C21H24N4O/c1-15(2)14-25-18-10-4-3-8-16(18)23-20(25)19-11-7-13-24(19)21(26)17-9-5-6-12-22-17/h3-6,8-10,12,15,19H,7,11,13-14H2,1-2H3/t19-/m0/s1. The van der Waals surface area contributed by atoms with Crippen LogP contribution in [0.15, 0.2) is 48.7 Å². The maximum absolute atomic E-state index is 13.0. The maximum atomic E-state index is 13.0. The number of carbonyl (C=O) groups excluding carboxylic acids is 1. The van der Waals surface area contributed by atoms with E-state index in [2.05, 4.69) is 41.6 Å². The van der Waals surface area contributed by atoms with E-state index in [4.69, 9.17) is 4.98 Å². The van der Waals surface area contributed by atoms with Crippen LogP contribution in [0.3, 0.4) is 0 Å². The van der Waals surface area contributed by atoms with Gasteiger partial charge in [0, 0.05) is 19.3 Å². The van der Waals surface area contributed by atoms with Gasteiger partial charge in [0.25, 0.3) is 5.91 Å². The minimum atomic E-state index is -0.00347. The predicted molar refractivity (Wildman–Crippen MR) is 102 cm³/mol. The third-order valence-electron chi connectivity index (χ3n) is 4.93. The van der Waals surface area contributed by atoms with Gasteiger partial charge in [-0.05, 0) is 43.0 Å². The lowest BCUT2D eigenvalue weighted by Crippen LogP contribution is -2.32. The number of benzene rings is 1. The fourth-order valence-corrected chi connectivity index (χ4v) is 3.82. The first-order valence-corrected chi connectivity index (χ1v) is 9.32. The number of hydrogen-bond acceptors (Lipinski definition) is 3. The molecule has 3 heterocycles. The van der Waals surface area contributed by atoms with Gasteiger partial charge in [0.1, 0.15) is 11.5 Å². The fraction of sp³-hybridized carbons (Fsp3) is 0.381. The van der Waals surface area contributed by atoms with Gasteiger partial charge in [-0.2, -0.15) is 0 Å². The molecule has 2 aromatic heterocycles. The number of hydrogen-bond donors (Lipinski definition) is 0. The number of likely N-dealkylation sites (tertiary alicyclic amines) is 1. The van der Waals surface area contributed by atoms with Gasteiger partial charge >= 0.3 is 0 Å². The monoisotopic (exact) mass is 348 g/mol. The molecule has 3 aromatic rings. The molecule has 0 saturated carbocycles. The molecule has 134 valence electrons. The SMILES string of the molecule is CC(C)Cn1c([C@@H]2CCCN2C(=O)c2ccccn2)nc2ccccc21. The van der Waals surface area contributed by atoms with Crippen LogP contribution in [-0.2, 0) is 6.54 Å². The maximum Gasteiger partial charge on any atom is 0.273 e. The summed E-state index contributed by atoms with van der Waals surface area (Å²) in [5, 5.41) is 0. The van der Waals surface area contributed by atoms with Crippen molar-refractivity contribution in [1.29, 1.82) is 0 Å². The van der Waals surface area contributed by atoms with Crippen molar-refractivity contribution < 1.29 is 4.79 Å². The largest absolute Gasteiger partial charge is 0.327 e. The number of pyridine rings is 1. The number of amides is 1. The molecular formula is C21H24N4O. The zero-order valence-corrected chi connectivity index (χ0v) is 15.3. The first kappa shape index (κ1) is 16.8. The highest BCUT2D eigenvalue weighted by Gasteiger charge is 2.34. The Morgan fingerprint density at radius 3 is 2.77 bits per heavy atom. The zero-order chi connectivity index (χ0) is 18.1. The Balaban J connectivity index is 1.75. The minimum absolute atomic E-state index is 0.00347. The van der Waals surface area contributed by atoms with Crippen LogP contribution in [0.4, 0.5) is 0 Å². The second-order valence-electron chi connectivity index (χ2n) is 7.33.